The molecule has 0 aromatic rings. The normalized spacial score (nSPS) is 30.3. The van der Waals surface area contributed by atoms with E-state index in [1.54, 1.807) is 0 Å². The molecule has 0 amide bonds. The average molecular weight is 469 g/mol. The van der Waals surface area contributed by atoms with E-state index in [1.807, 2.05) is 0 Å². The minimum Gasteiger partial charge on any atom is -0.852 e. The molecule has 2 heterocycles. The van der Waals surface area contributed by atoms with Gasteiger partial charge in [0.15, 0.2) is 0 Å². The maximum atomic E-state index is 11.3. The van der Waals surface area contributed by atoms with Crippen LogP contribution >= 0.6 is 0 Å². The van der Waals surface area contributed by atoms with Crippen LogP contribution in [-0.2, 0) is 4.74 Å². The smallest absolute Gasteiger partial charge is 0.852 e. The van der Waals surface area contributed by atoms with Gasteiger partial charge in [-0.05, 0) is 38.8 Å². The van der Waals surface area contributed by atoms with Crippen LogP contribution in [0.25, 0.3) is 0 Å². The molecular formula is C21H41KN4O5. The molecule has 9 nitrogen and oxygen atoms in total. The van der Waals surface area contributed by atoms with Crippen molar-refractivity contribution < 1.29 is 76.5 Å². The second-order valence-electron chi connectivity index (χ2n) is 8.75. The Kier molecular flexibility index (Phi) is 16.1. The van der Waals surface area contributed by atoms with Gasteiger partial charge >= 0.3 is 51.4 Å². The Labute approximate surface area is 229 Å². The van der Waals surface area contributed by atoms with Gasteiger partial charge in [-0.25, -0.2) is 0 Å². The molecule has 0 radical (unpaired) electrons. The second kappa shape index (κ2) is 16.6. The number of aliphatic hydroxyl groups is 3. The molecule has 4 atom stereocenters. The van der Waals surface area contributed by atoms with Gasteiger partial charge in [-0.2, -0.15) is 0 Å². The summed E-state index contributed by atoms with van der Waals surface area (Å²) in [4.78, 5) is 0. The summed E-state index contributed by atoms with van der Waals surface area (Å²) in [6.07, 6.45) is 8.32. The minimum absolute atomic E-state index is 0. The Morgan fingerprint density at radius 1 is 1.19 bits per heavy atom. The molecule has 1 saturated carbocycles. The zero-order valence-corrected chi connectivity index (χ0v) is 22.1. The number of rotatable bonds is 8. The summed E-state index contributed by atoms with van der Waals surface area (Å²) in [5.41, 5.74) is 5.18. The summed E-state index contributed by atoms with van der Waals surface area (Å²) >= 11 is 0. The third-order valence-electron chi connectivity index (χ3n) is 5.91. The first-order chi connectivity index (χ1) is 14.4. The van der Waals surface area contributed by atoms with Crippen molar-refractivity contribution >= 4 is 0 Å². The van der Waals surface area contributed by atoms with Crippen LogP contribution in [0.1, 0.15) is 38.5 Å². The van der Waals surface area contributed by atoms with Gasteiger partial charge in [-0.3, -0.25) is 0 Å². The van der Waals surface area contributed by atoms with Crippen molar-refractivity contribution in [3.8, 4) is 0 Å². The zero-order chi connectivity index (χ0) is 21.8. The molecular weight excluding hydrogens is 427 g/mol. The van der Waals surface area contributed by atoms with Crippen LogP contribution in [0, 0.1) is 0 Å². The van der Waals surface area contributed by atoms with E-state index in [4.69, 9.17) is 20.7 Å². The van der Waals surface area contributed by atoms with Crippen molar-refractivity contribution in [3.05, 3.63) is 12.2 Å². The molecule has 0 bridgehead atoms. The molecule has 176 valence electrons. The van der Waals surface area contributed by atoms with Gasteiger partial charge in [0, 0.05) is 25.2 Å². The summed E-state index contributed by atoms with van der Waals surface area (Å²) in [6, 6.07) is -0.357. The van der Waals surface area contributed by atoms with Crippen LogP contribution in [0.2, 0.25) is 0 Å². The third kappa shape index (κ3) is 12.3. The maximum Gasteiger partial charge on any atom is 1.00 e. The van der Waals surface area contributed by atoms with Crippen molar-refractivity contribution in [1.82, 2.24) is 16.0 Å². The predicted octanol–water partition coefficient (Wildman–Crippen LogP) is -5.42. The fraction of sp³-hybridized carbons (Fsp3) is 0.905. The van der Waals surface area contributed by atoms with Crippen LogP contribution < -0.4 is 78.2 Å². The van der Waals surface area contributed by atoms with Crippen molar-refractivity contribution in [2.75, 3.05) is 46.0 Å². The fourth-order valence-corrected chi connectivity index (χ4v) is 4.18. The van der Waals surface area contributed by atoms with E-state index in [9.17, 15) is 10.2 Å². The molecule has 0 aromatic carbocycles. The number of aliphatic hydroxyl groups excluding tert-OH is 2. The van der Waals surface area contributed by atoms with E-state index in [0.29, 0.717) is 19.4 Å². The molecule has 1 aliphatic carbocycles. The average Bonchev–Trinajstić information content (AvgIpc) is 2.73. The SMILES string of the molecule is NC1CC([O-])CC(NC(CO)CO)C1.OC1(CNCC2C=CCCO2)CCNCC1.[K+]. The molecule has 1 saturated heterocycles. The van der Waals surface area contributed by atoms with Gasteiger partial charge in [0.25, 0.3) is 0 Å². The fourth-order valence-electron chi connectivity index (χ4n) is 4.18. The minimum atomic E-state index is -0.616. The molecule has 8 N–H and O–H groups in total. The van der Waals surface area contributed by atoms with E-state index >= 15 is 0 Å². The van der Waals surface area contributed by atoms with Crippen LogP contribution in [0.15, 0.2) is 12.2 Å². The zero-order valence-electron chi connectivity index (χ0n) is 19.0. The molecule has 3 rings (SSSR count). The Morgan fingerprint density at radius 3 is 2.48 bits per heavy atom. The first-order valence-corrected chi connectivity index (χ1v) is 11.3. The van der Waals surface area contributed by atoms with E-state index in [0.717, 1.165) is 51.9 Å². The summed E-state index contributed by atoms with van der Waals surface area (Å²) in [5.74, 6) is 0. The first kappa shape index (κ1) is 30.0. The van der Waals surface area contributed by atoms with Crippen LogP contribution in [-0.4, -0.2) is 97.3 Å². The van der Waals surface area contributed by atoms with Crippen molar-refractivity contribution in [3.63, 3.8) is 0 Å². The van der Waals surface area contributed by atoms with Crippen LogP contribution in [0.5, 0.6) is 0 Å². The Bertz CT molecular complexity index is 482. The summed E-state index contributed by atoms with van der Waals surface area (Å²) in [5, 5.41) is 48.8. The summed E-state index contributed by atoms with van der Waals surface area (Å²) in [6.45, 7) is 3.87. The van der Waals surface area contributed by atoms with Gasteiger partial charge < -0.3 is 46.8 Å². The first-order valence-electron chi connectivity index (χ1n) is 11.3. The maximum absolute atomic E-state index is 11.3. The molecule has 2 aliphatic heterocycles. The van der Waals surface area contributed by atoms with Gasteiger partial charge in [-0.15, -0.1) is 6.10 Å². The number of nitrogens with two attached hydrogens (primary N) is 1. The monoisotopic (exact) mass is 468 g/mol. The van der Waals surface area contributed by atoms with Crippen molar-refractivity contribution in [1.29, 1.82) is 0 Å². The summed E-state index contributed by atoms with van der Waals surface area (Å²) in [7, 11) is 0. The summed E-state index contributed by atoms with van der Waals surface area (Å²) < 4.78 is 5.56. The quantitative estimate of drug-likeness (QED) is 0.137. The molecule has 3 aliphatic rings. The van der Waals surface area contributed by atoms with Gasteiger partial charge in [0.05, 0.1) is 37.6 Å². The molecule has 2 fully saturated rings. The molecule has 31 heavy (non-hydrogen) atoms. The number of ether oxygens (including phenoxy) is 1. The molecule has 0 spiro atoms. The Hall–Kier alpha value is 1.02. The number of hydrogen-bond acceptors (Lipinski definition) is 9. The van der Waals surface area contributed by atoms with E-state index in [2.05, 4.69) is 28.1 Å². The number of hydrogen-bond donors (Lipinski definition) is 7. The van der Waals surface area contributed by atoms with Gasteiger partial charge in [0.1, 0.15) is 0 Å². The number of piperidine rings is 1. The van der Waals surface area contributed by atoms with Crippen LogP contribution in [0.4, 0.5) is 0 Å². The number of nitrogens with one attached hydrogen (secondary N) is 3. The Balaban J connectivity index is 0.000000303. The van der Waals surface area contributed by atoms with Crippen LogP contribution in [0.3, 0.4) is 0 Å². The van der Waals surface area contributed by atoms with E-state index < -0.39 is 11.7 Å². The second-order valence-corrected chi connectivity index (χ2v) is 8.75. The standard InChI is InChI=1S/C12H22N2O2.C9H19N2O3.K/c15-12(4-6-13-7-5-12)10-14-9-11-3-1-2-8-16-11;10-6-1-7(3-9(14)2-6)11-8(4-12)5-13;/h1,3,11,13-15H,2,4-10H2;6-9,11-13H,1-5,10H2;/q;-1;+1. The molecule has 10 heteroatoms. The predicted molar refractivity (Wildman–Crippen MR) is 114 cm³/mol. The molecule has 4 unspecified atom stereocenters. The molecule has 0 aromatic heterocycles. The largest absolute Gasteiger partial charge is 1.00 e. The van der Waals surface area contributed by atoms with Crippen molar-refractivity contribution in [2.45, 2.75) is 74.5 Å². The van der Waals surface area contributed by atoms with E-state index in [-0.39, 0.29) is 88.8 Å². The van der Waals surface area contributed by atoms with Gasteiger partial charge in [-0.1, -0.05) is 25.0 Å². The van der Waals surface area contributed by atoms with Crippen molar-refractivity contribution in [2.24, 2.45) is 5.73 Å². The topological polar surface area (TPSA) is 155 Å². The Morgan fingerprint density at radius 2 is 1.90 bits per heavy atom. The van der Waals surface area contributed by atoms with Gasteiger partial charge in [0.2, 0.25) is 0 Å². The third-order valence-corrected chi connectivity index (χ3v) is 5.91. The van der Waals surface area contributed by atoms with E-state index in [1.165, 1.54) is 0 Å².